The quantitative estimate of drug-likeness (QED) is 0.575. The Morgan fingerprint density at radius 2 is 1.89 bits per heavy atom. The summed E-state index contributed by atoms with van der Waals surface area (Å²) in [4.78, 5) is 11.7. The van der Waals surface area contributed by atoms with E-state index in [1.807, 2.05) is 43.3 Å². The molecule has 0 spiro atoms. The molecule has 0 aliphatic carbocycles. The topological polar surface area (TPSA) is 68.0 Å². The number of hydrogen-bond donors (Lipinski definition) is 1. The van der Waals surface area contributed by atoms with E-state index in [0.717, 1.165) is 23.5 Å². The first kappa shape index (κ1) is 17.9. The van der Waals surface area contributed by atoms with Crippen molar-refractivity contribution in [3.63, 3.8) is 0 Å². The number of rotatable bonds is 4. The van der Waals surface area contributed by atoms with Gasteiger partial charge in [-0.25, -0.2) is 4.98 Å². The number of aromatic nitrogens is 5. The zero-order valence-corrected chi connectivity index (χ0v) is 14.7. The molecule has 3 aromatic heterocycles. The molecule has 1 atom stereocenters. The number of alkyl halides is 3. The molecule has 3 heterocycles. The van der Waals surface area contributed by atoms with E-state index >= 15 is 0 Å². The van der Waals surface area contributed by atoms with Gasteiger partial charge in [0.15, 0.2) is 5.69 Å². The van der Waals surface area contributed by atoms with E-state index in [1.165, 1.54) is 4.52 Å². The molecular formula is C19H15F3N6. The van der Waals surface area contributed by atoms with E-state index in [4.69, 9.17) is 0 Å². The summed E-state index contributed by atoms with van der Waals surface area (Å²) in [5.41, 5.74) is 1.50. The van der Waals surface area contributed by atoms with Crippen LogP contribution in [0.25, 0.3) is 5.78 Å². The first-order chi connectivity index (χ1) is 13.4. The molecule has 0 saturated heterocycles. The number of anilines is 1. The zero-order valence-electron chi connectivity index (χ0n) is 14.7. The fourth-order valence-corrected chi connectivity index (χ4v) is 2.93. The van der Waals surface area contributed by atoms with Crippen LogP contribution >= 0.6 is 0 Å². The monoisotopic (exact) mass is 384 g/mol. The molecule has 142 valence electrons. The average Bonchev–Trinajstić information content (AvgIpc) is 3.15. The maximum absolute atomic E-state index is 13.3. The lowest BCUT2D eigenvalue weighted by atomic mass is 10.0. The lowest BCUT2D eigenvalue weighted by Crippen LogP contribution is -2.18. The van der Waals surface area contributed by atoms with Crippen molar-refractivity contribution >= 4 is 11.6 Å². The Morgan fingerprint density at radius 3 is 2.61 bits per heavy atom. The average molecular weight is 384 g/mol. The second kappa shape index (κ2) is 6.91. The highest BCUT2D eigenvalue weighted by atomic mass is 19.4. The third-order valence-electron chi connectivity index (χ3n) is 4.19. The molecule has 6 nitrogen and oxygen atoms in total. The standard InChI is InChI=1S/C19H15F3N6/c1-12-5-4-6-13(9-12)17(14-7-2-3-8-23-14)27-16-10-15(19(20,21)22)26-18-24-11-25-28(16)18/h2-11,17,27H,1H3. The SMILES string of the molecule is Cc1cccc(C(Nc2cc(C(F)(F)F)nc3ncnn23)c2ccccn2)c1. The van der Waals surface area contributed by atoms with Crippen molar-refractivity contribution in [1.82, 2.24) is 24.6 Å². The van der Waals surface area contributed by atoms with Crippen LogP contribution in [0.5, 0.6) is 0 Å². The fraction of sp³-hybridized carbons (Fsp3) is 0.158. The molecule has 28 heavy (non-hydrogen) atoms. The van der Waals surface area contributed by atoms with Gasteiger partial charge in [-0.2, -0.15) is 27.8 Å². The summed E-state index contributed by atoms with van der Waals surface area (Å²) in [5.74, 6) is -0.0201. The van der Waals surface area contributed by atoms with Gasteiger partial charge in [-0.3, -0.25) is 4.98 Å². The fourth-order valence-electron chi connectivity index (χ4n) is 2.93. The predicted octanol–water partition coefficient (Wildman–Crippen LogP) is 4.05. The minimum absolute atomic E-state index is 0.118. The van der Waals surface area contributed by atoms with Gasteiger partial charge in [-0.15, -0.1) is 0 Å². The molecule has 0 radical (unpaired) electrons. The van der Waals surface area contributed by atoms with Crippen molar-refractivity contribution in [3.05, 3.63) is 83.6 Å². The third-order valence-corrected chi connectivity index (χ3v) is 4.19. The molecule has 9 heteroatoms. The van der Waals surface area contributed by atoms with Crippen molar-refractivity contribution in [3.8, 4) is 0 Å². The van der Waals surface area contributed by atoms with Gasteiger partial charge in [0.1, 0.15) is 12.1 Å². The van der Waals surface area contributed by atoms with Gasteiger partial charge in [0.2, 0.25) is 0 Å². The highest BCUT2D eigenvalue weighted by molar-refractivity contribution is 5.49. The minimum Gasteiger partial charge on any atom is -0.357 e. The van der Waals surface area contributed by atoms with E-state index in [2.05, 4.69) is 25.4 Å². The van der Waals surface area contributed by atoms with E-state index in [-0.39, 0.29) is 11.6 Å². The molecule has 0 saturated carbocycles. The molecule has 1 N–H and O–H groups in total. The Morgan fingerprint density at radius 1 is 1.04 bits per heavy atom. The summed E-state index contributed by atoms with van der Waals surface area (Å²) >= 11 is 0. The summed E-state index contributed by atoms with van der Waals surface area (Å²) in [6.45, 7) is 1.95. The predicted molar refractivity (Wildman–Crippen MR) is 96.7 cm³/mol. The van der Waals surface area contributed by atoms with E-state index in [9.17, 15) is 13.2 Å². The molecule has 0 fully saturated rings. The van der Waals surface area contributed by atoms with Crippen LogP contribution in [0.3, 0.4) is 0 Å². The first-order valence-electron chi connectivity index (χ1n) is 8.44. The molecule has 0 aliphatic rings. The van der Waals surface area contributed by atoms with Gasteiger partial charge in [0.05, 0.1) is 11.7 Å². The number of nitrogens with zero attached hydrogens (tertiary/aromatic N) is 5. The largest absolute Gasteiger partial charge is 0.433 e. The summed E-state index contributed by atoms with van der Waals surface area (Å²) in [7, 11) is 0. The second-order valence-corrected chi connectivity index (χ2v) is 6.24. The third kappa shape index (κ3) is 3.51. The van der Waals surface area contributed by atoms with Gasteiger partial charge in [-0.05, 0) is 24.6 Å². The van der Waals surface area contributed by atoms with E-state index in [1.54, 1.807) is 12.3 Å². The maximum Gasteiger partial charge on any atom is 0.433 e. The van der Waals surface area contributed by atoms with Crippen LogP contribution in [0, 0.1) is 6.92 Å². The van der Waals surface area contributed by atoms with Gasteiger partial charge >= 0.3 is 6.18 Å². The van der Waals surface area contributed by atoms with Crippen molar-refractivity contribution in [2.45, 2.75) is 19.1 Å². The van der Waals surface area contributed by atoms with Crippen molar-refractivity contribution in [2.24, 2.45) is 0 Å². The van der Waals surface area contributed by atoms with Crippen molar-refractivity contribution in [2.75, 3.05) is 5.32 Å². The van der Waals surface area contributed by atoms with Crippen molar-refractivity contribution in [1.29, 1.82) is 0 Å². The number of benzene rings is 1. The number of halogens is 3. The van der Waals surface area contributed by atoms with Crippen LogP contribution in [0.2, 0.25) is 0 Å². The van der Waals surface area contributed by atoms with Gasteiger partial charge in [-0.1, -0.05) is 35.9 Å². The van der Waals surface area contributed by atoms with E-state index < -0.39 is 17.9 Å². The molecular weight excluding hydrogens is 369 g/mol. The Kier molecular flexibility index (Phi) is 4.42. The highest BCUT2D eigenvalue weighted by Gasteiger charge is 2.34. The van der Waals surface area contributed by atoms with Crippen LogP contribution in [-0.2, 0) is 6.18 Å². The molecule has 4 aromatic rings. The number of fused-ring (bicyclic) bond motifs is 1. The Hall–Kier alpha value is -3.49. The van der Waals surface area contributed by atoms with Crippen LogP contribution in [-0.4, -0.2) is 24.6 Å². The van der Waals surface area contributed by atoms with Crippen LogP contribution in [0.4, 0.5) is 19.0 Å². The lowest BCUT2D eigenvalue weighted by Gasteiger charge is -2.21. The summed E-state index contributed by atoms with van der Waals surface area (Å²) in [6.07, 6.45) is -1.80. The van der Waals surface area contributed by atoms with Gasteiger partial charge in [0, 0.05) is 12.3 Å². The second-order valence-electron chi connectivity index (χ2n) is 6.24. The lowest BCUT2D eigenvalue weighted by molar-refractivity contribution is -0.141. The molecule has 0 aliphatic heterocycles. The number of hydrogen-bond acceptors (Lipinski definition) is 5. The zero-order chi connectivity index (χ0) is 19.7. The van der Waals surface area contributed by atoms with E-state index in [0.29, 0.717) is 5.69 Å². The van der Waals surface area contributed by atoms with Crippen LogP contribution < -0.4 is 5.32 Å². The normalized spacial score (nSPS) is 12.9. The van der Waals surface area contributed by atoms with Gasteiger partial charge < -0.3 is 5.32 Å². The Bertz CT molecular complexity index is 1110. The number of aryl methyl sites for hydroxylation is 1. The molecule has 1 aromatic carbocycles. The number of nitrogens with one attached hydrogen (secondary N) is 1. The molecule has 4 rings (SSSR count). The van der Waals surface area contributed by atoms with Gasteiger partial charge in [0.25, 0.3) is 5.78 Å². The molecule has 1 unspecified atom stereocenters. The van der Waals surface area contributed by atoms with Crippen LogP contribution in [0.1, 0.15) is 28.6 Å². The molecule has 0 amide bonds. The molecule has 0 bridgehead atoms. The maximum atomic E-state index is 13.3. The summed E-state index contributed by atoms with van der Waals surface area (Å²) in [6, 6.07) is 13.5. The number of pyridine rings is 1. The summed E-state index contributed by atoms with van der Waals surface area (Å²) < 4.78 is 41.1. The Balaban J connectivity index is 1.84. The smallest absolute Gasteiger partial charge is 0.357 e. The first-order valence-corrected chi connectivity index (χ1v) is 8.44. The summed E-state index contributed by atoms with van der Waals surface area (Å²) in [5, 5.41) is 7.13. The van der Waals surface area contributed by atoms with Crippen LogP contribution in [0.15, 0.2) is 61.1 Å². The highest BCUT2D eigenvalue weighted by Crippen LogP contribution is 2.32. The Labute approximate surface area is 158 Å². The van der Waals surface area contributed by atoms with Crippen molar-refractivity contribution < 1.29 is 13.2 Å². The minimum atomic E-state index is -4.60.